The van der Waals surface area contributed by atoms with Gasteiger partial charge in [0.2, 0.25) is 0 Å². The molecule has 1 aromatic rings. The van der Waals surface area contributed by atoms with Crippen molar-refractivity contribution in [2.75, 3.05) is 13.2 Å². The minimum Gasteiger partial charge on any atom is -0.494 e. The van der Waals surface area contributed by atoms with E-state index in [-0.39, 0.29) is 12.6 Å². The van der Waals surface area contributed by atoms with Crippen molar-refractivity contribution in [2.24, 2.45) is 5.73 Å². The fourth-order valence-corrected chi connectivity index (χ4v) is 1.77. The molecule has 3 nitrogen and oxygen atoms in total. The number of rotatable bonds is 5. The Labute approximate surface area is 98.4 Å². The van der Waals surface area contributed by atoms with E-state index in [1.165, 1.54) is 0 Å². The summed E-state index contributed by atoms with van der Waals surface area (Å²) in [5, 5.41) is 8.86. The van der Waals surface area contributed by atoms with Crippen LogP contribution in [0.3, 0.4) is 0 Å². The van der Waals surface area contributed by atoms with Gasteiger partial charge in [0, 0.05) is 22.7 Å². The quantitative estimate of drug-likeness (QED) is 0.865. The molecule has 1 atom stereocenters. The van der Waals surface area contributed by atoms with E-state index < -0.39 is 0 Å². The average Bonchev–Trinajstić information content (AvgIpc) is 2.21. The Hall–Kier alpha value is -0.580. The predicted octanol–water partition coefficient (Wildman–Crippen LogP) is 2.23. The van der Waals surface area contributed by atoms with Crippen molar-refractivity contribution in [1.29, 1.82) is 0 Å². The Morgan fingerprint density at radius 1 is 1.53 bits per heavy atom. The van der Waals surface area contributed by atoms with Crippen molar-refractivity contribution >= 4 is 15.9 Å². The summed E-state index contributed by atoms with van der Waals surface area (Å²) in [5.41, 5.74) is 6.88. The summed E-state index contributed by atoms with van der Waals surface area (Å²) in [7, 11) is 0. The highest BCUT2D eigenvalue weighted by atomic mass is 79.9. The van der Waals surface area contributed by atoms with E-state index in [1.54, 1.807) is 0 Å². The standard InChI is InChI=1S/C11H16BrNO2/c1-2-15-11-4-3-8(12)7-9(11)10(13)5-6-14/h3-4,7,10,14H,2,5-6,13H2,1H3/t10-/m0/s1. The van der Waals surface area contributed by atoms with Crippen LogP contribution in [0.4, 0.5) is 0 Å². The van der Waals surface area contributed by atoms with Crippen molar-refractivity contribution in [3.63, 3.8) is 0 Å². The summed E-state index contributed by atoms with van der Waals surface area (Å²) in [6, 6.07) is 5.56. The van der Waals surface area contributed by atoms with Crippen molar-refractivity contribution in [1.82, 2.24) is 0 Å². The van der Waals surface area contributed by atoms with Crippen molar-refractivity contribution in [3.8, 4) is 5.75 Å². The molecule has 0 saturated heterocycles. The summed E-state index contributed by atoms with van der Waals surface area (Å²) in [6.07, 6.45) is 0.538. The van der Waals surface area contributed by atoms with E-state index >= 15 is 0 Å². The van der Waals surface area contributed by atoms with Gasteiger partial charge in [-0.3, -0.25) is 0 Å². The molecule has 0 saturated carbocycles. The van der Waals surface area contributed by atoms with E-state index in [2.05, 4.69) is 15.9 Å². The number of ether oxygens (including phenoxy) is 1. The second-order valence-electron chi connectivity index (χ2n) is 3.23. The van der Waals surface area contributed by atoms with E-state index in [4.69, 9.17) is 15.6 Å². The van der Waals surface area contributed by atoms with E-state index in [0.29, 0.717) is 13.0 Å². The molecule has 0 spiro atoms. The molecule has 0 heterocycles. The van der Waals surface area contributed by atoms with Crippen LogP contribution in [0.2, 0.25) is 0 Å². The Kier molecular flexibility index (Phi) is 5.08. The molecule has 3 N–H and O–H groups in total. The van der Waals surface area contributed by atoms with Crippen LogP contribution >= 0.6 is 15.9 Å². The molecule has 1 aromatic carbocycles. The van der Waals surface area contributed by atoms with Gasteiger partial charge in [0.1, 0.15) is 5.75 Å². The Morgan fingerprint density at radius 2 is 2.27 bits per heavy atom. The molecule has 84 valence electrons. The summed E-state index contributed by atoms with van der Waals surface area (Å²) in [5.74, 6) is 0.793. The number of hydrogen-bond donors (Lipinski definition) is 2. The second-order valence-corrected chi connectivity index (χ2v) is 4.15. The van der Waals surface area contributed by atoms with Gasteiger partial charge in [-0.15, -0.1) is 0 Å². The van der Waals surface area contributed by atoms with Crippen molar-refractivity contribution in [3.05, 3.63) is 28.2 Å². The van der Waals surface area contributed by atoms with Gasteiger partial charge in [-0.2, -0.15) is 0 Å². The molecule has 4 heteroatoms. The Morgan fingerprint density at radius 3 is 2.87 bits per heavy atom. The van der Waals surface area contributed by atoms with Crippen LogP contribution in [-0.4, -0.2) is 18.3 Å². The van der Waals surface area contributed by atoms with E-state index in [1.807, 2.05) is 25.1 Å². The van der Waals surface area contributed by atoms with Crippen LogP contribution in [0.25, 0.3) is 0 Å². The number of hydrogen-bond acceptors (Lipinski definition) is 3. The maximum atomic E-state index is 8.86. The van der Waals surface area contributed by atoms with Crippen molar-refractivity contribution in [2.45, 2.75) is 19.4 Å². The van der Waals surface area contributed by atoms with E-state index in [0.717, 1.165) is 15.8 Å². The predicted molar refractivity (Wildman–Crippen MR) is 63.9 cm³/mol. The number of benzene rings is 1. The molecule has 0 aliphatic carbocycles. The lowest BCUT2D eigenvalue weighted by atomic mass is 10.0. The lowest BCUT2D eigenvalue weighted by molar-refractivity contribution is 0.273. The smallest absolute Gasteiger partial charge is 0.124 e. The third-order valence-corrected chi connectivity index (χ3v) is 2.60. The Bertz CT molecular complexity index is 317. The molecule has 0 bridgehead atoms. The molecular formula is C11H16BrNO2. The van der Waals surface area contributed by atoms with Crippen LogP contribution in [0.5, 0.6) is 5.75 Å². The molecule has 1 rings (SSSR count). The topological polar surface area (TPSA) is 55.5 Å². The Balaban J connectivity index is 2.95. The highest BCUT2D eigenvalue weighted by Gasteiger charge is 2.12. The fraction of sp³-hybridized carbons (Fsp3) is 0.455. The number of aliphatic hydroxyl groups is 1. The van der Waals surface area contributed by atoms with Crippen LogP contribution in [-0.2, 0) is 0 Å². The SMILES string of the molecule is CCOc1ccc(Br)cc1[C@@H](N)CCO. The third kappa shape index (κ3) is 3.48. The minimum absolute atomic E-state index is 0.0826. The molecule has 0 radical (unpaired) electrons. The van der Waals surface area contributed by atoms with Gasteiger partial charge in [-0.25, -0.2) is 0 Å². The summed E-state index contributed by atoms with van der Waals surface area (Å²) in [4.78, 5) is 0. The first-order valence-corrected chi connectivity index (χ1v) is 5.77. The number of aliphatic hydroxyl groups excluding tert-OH is 1. The minimum atomic E-state index is -0.186. The summed E-state index contributed by atoms with van der Waals surface area (Å²) >= 11 is 3.39. The highest BCUT2D eigenvalue weighted by Crippen LogP contribution is 2.28. The van der Waals surface area contributed by atoms with Gasteiger partial charge in [0.25, 0.3) is 0 Å². The van der Waals surface area contributed by atoms with Crippen LogP contribution in [0.1, 0.15) is 24.9 Å². The van der Waals surface area contributed by atoms with Gasteiger partial charge in [-0.05, 0) is 31.5 Å². The normalized spacial score (nSPS) is 12.5. The zero-order chi connectivity index (χ0) is 11.3. The molecule has 0 aromatic heterocycles. The van der Waals surface area contributed by atoms with Gasteiger partial charge < -0.3 is 15.6 Å². The van der Waals surface area contributed by atoms with Gasteiger partial charge in [-0.1, -0.05) is 15.9 Å². The average molecular weight is 274 g/mol. The first-order chi connectivity index (χ1) is 7.19. The molecule has 15 heavy (non-hydrogen) atoms. The van der Waals surface area contributed by atoms with Gasteiger partial charge in [0.15, 0.2) is 0 Å². The number of nitrogens with two attached hydrogens (primary N) is 1. The van der Waals surface area contributed by atoms with Crippen LogP contribution < -0.4 is 10.5 Å². The monoisotopic (exact) mass is 273 g/mol. The second kappa shape index (κ2) is 6.10. The van der Waals surface area contributed by atoms with Crippen molar-refractivity contribution < 1.29 is 9.84 Å². The zero-order valence-corrected chi connectivity index (χ0v) is 10.3. The largest absolute Gasteiger partial charge is 0.494 e. The lowest BCUT2D eigenvalue weighted by Gasteiger charge is -2.16. The molecule has 0 fully saturated rings. The zero-order valence-electron chi connectivity index (χ0n) is 8.74. The first-order valence-electron chi connectivity index (χ1n) is 4.97. The third-order valence-electron chi connectivity index (χ3n) is 2.11. The highest BCUT2D eigenvalue weighted by molar-refractivity contribution is 9.10. The molecule has 0 aliphatic heterocycles. The van der Waals surface area contributed by atoms with Crippen LogP contribution in [0.15, 0.2) is 22.7 Å². The van der Waals surface area contributed by atoms with Gasteiger partial charge >= 0.3 is 0 Å². The maximum Gasteiger partial charge on any atom is 0.124 e. The van der Waals surface area contributed by atoms with Gasteiger partial charge in [0.05, 0.1) is 6.61 Å². The molecular weight excluding hydrogens is 258 g/mol. The summed E-state index contributed by atoms with van der Waals surface area (Å²) in [6.45, 7) is 2.63. The fourth-order valence-electron chi connectivity index (χ4n) is 1.39. The first kappa shape index (κ1) is 12.5. The lowest BCUT2D eigenvalue weighted by Crippen LogP contribution is -2.13. The molecule has 0 unspecified atom stereocenters. The van der Waals surface area contributed by atoms with E-state index in [9.17, 15) is 0 Å². The molecule has 0 amide bonds. The van der Waals surface area contributed by atoms with Crippen LogP contribution in [0, 0.1) is 0 Å². The number of halogens is 1. The summed E-state index contributed by atoms with van der Waals surface area (Å²) < 4.78 is 6.44. The maximum absolute atomic E-state index is 8.86. The molecule has 0 aliphatic rings.